The lowest BCUT2D eigenvalue weighted by Crippen LogP contribution is -2.03. The summed E-state index contributed by atoms with van der Waals surface area (Å²) < 4.78 is 7.97. The van der Waals surface area contributed by atoms with Gasteiger partial charge in [-0.2, -0.15) is 0 Å². The normalized spacial score (nSPS) is 11.3. The van der Waals surface area contributed by atoms with Crippen molar-refractivity contribution in [3.63, 3.8) is 0 Å². The van der Waals surface area contributed by atoms with Crippen molar-refractivity contribution in [1.82, 2.24) is 9.55 Å². The SMILES string of the molecule is CCCn1c(Cc2ccc(CN)o2)nc2ccccc21. The number of benzene rings is 1. The maximum Gasteiger partial charge on any atom is 0.117 e. The van der Waals surface area contributed by atoms with Gasteiger partial charge in [-0.15, -0.1) is 0 Å². The van der Waals surface area contributed by atoms with Crippen molar-refractivity contribution in [2.75, 3.05) is 0 Å². The molecular formula is C16H19N3O. The largest absolute Gasteiger partial charge is 0.464 e. The van der Waals surface area contributed by atoms with Gasteiger partial charge < -0.3 is 14.7 Å². The molecule has 1 aromatic carbocycles. The lowest BCUT2D eigenvalue weighted by atomic mass is 10.3. The predicted octanol–water partition coefficient (Wildman–Crippen LogP) is 3.09. The third-order valence-electron chi connectivity index (χ3n) is 3.43. The standard InChI is InChI=1S/C16H19N3O/c1-2-9-19-15-6-4-3-5-14(15)18-16(19)10-12-7-8-13(11-17)20-12/h3-8H,2,9-11,17H2,1H3. The Morgan fingerprint density at radius 3 is 2.70 bits per heavy atom. The molecule has 4 nitrogen and oxygen atoms in total. The topological polar surface area (TPSA) is 57.0 Å². The lowest BCUT2D eigenvalue weighted by Gasteiger charge is -2.06. The fourth-order valence-corrected chi connectivity index (χ4v) is 2.52. The number of nitrogens with zero attached hydrogens (tertiary/aromatic N) is 2. The maximum atomic E-state index is 5.69. The van der Waals surface area contributed by atoms with Crippen molar-refractivity contribution in [3.8, 4) is 0 Å². The number of aryl methyl sites for hydroxylation is 1. The van der Waals surface area contributed by atoms with E-state index in [-0.39, 0.29) is 0 Å². The summed E-state index contributed by atoms with van der Waals surface area (Å²) in [5.41, 5.74) is 7.81. The number of furan rings is 1. The lowest BCUT2D eigenvalue weighted by molar-refractivity contribution is 0.469. The Morgan fingerprint density at radius 2 is 1.95 bits per heavy atom. The molecule has 0 aliphatic rings. The minimum absolute atomic E-state index is 0.436. The molecule has 0 saturated carbocycles. The smallest absolute Gasteiger partial charge is 0.117 e. The van der Waals surface area contributed by atoms with Gasteiger partial charge in [0.2, 0.25) is 0 Å². The minimum Gasteiger partial charge on any atom is -0.464 e. The monoisotopic (exact) mass is 269 g/mol. The first-order chi connectivity index (χ1) is 9.81. The molecule has 0 atom stereocenters. The van der Waals surface area contributed by atoms with Gasteiger partial charge in [-0.3, -0.25) is 0 Å². The van der Waals surface area contributed by atoms with Crippen LogP contribution < -0.4 is 5.73 Å². The summed E-state index contributed by atoms with van der Waals surface area (Å²) in [6.45, 7) is 3.59. The minimum atomic E-state index is 0.436. The van der Waals surface area contributed by atoms with Gasteiger partial charge in [-0.25, -0.2) is 4.98 Å². The summed E-state index contributed by atoms with van der Waals surface area (Å²) in [5, 5.41) is 0. The van der Waals surface area contributed by atoms with E-state index in [1.54, 1.807) is 0 Å². The van der Waals surface area contributed by atoms with Crippen molar-refractivity contribution < 1.29 is 4.42 Å². The summed E-state index contributed by atoms with van der Waals surface area (Å²) in [5.74, 6) is 2.78. The fourth-order valence-electron chi connectivity index (χ4n) is 2.52. The van der Waals surface area contributed by atoms with Crippen molar-refractivity contribution in [2.45, 2.75) is 32.9 Å². The Morgan fingerprint density at radius 1 is 1.15 bits per heavy atom. The Balaban J connectivity index is 1.99. The van der Waals surface area contributed by atoms with Gasteiger partial charge in [-0.05, 0) is 30.7 Å². The quantitative estimate of drug-likeness (QED) is 0.774. The highest BCUT2D eigenvalue weighted by molar-refractivity contribution is 5.75. The number of imidazole rings is 1. The number of rotatable bonds is 5. The van der Waals surface area contributed by atoms with Crippen molar-refractivity contribution in [1.29, 1.82) is 0 Å². The molecule has 0 amide bonds. The van der Waals surface area contributed by atoms with Crippen LogP contribution in [0.3, 0.4) is 0 Å². The van der Waals surface area contributed by atoms with Crippen LogP contribution >= 0.6 is 0 Å². The zero-order chi connectivity index (χ0) is 13.9. The first-order valence-corrected chi connectivity index (χ1v) is 7.03. The van der Waals surface area contributed by atoms with Crippen molar-refractivity contribution in [2.24, 2.45) is 5.73 Å². The van der Waals surface area contributed by atoms with E-state index in [0.717, 1.165) is 35.8 Å². The van der Waals surface area contributed by atoms with Crippen LogP contribution in [-0.4, -0.2) is 9.55 Å². The molecule has 104 valence electrons. The van der Waals surface area contributed by atoms with E-state index < -0.39 is 0 Å². The van der Waals surface area contributed by atoms with Crippen LogP contribution in [0.4, 0.5) is 0 Å². The highest BCUT2D eigenvalue weighted by Gasteiger charge is 2.12. The van der Waals surface area contributed by atoms with Crippen molar-refractivity contribution in [3.05, 3.63) is 53.7 Å². The molecule has 3 rings (SSSR count). The predicted molar refractivity (Wildman–Crippen MR) is 79.4 cm³/mol. The van der Waals surface area contributed by atoms with Gasteiger partial charge in [-0.1, -0.05) is 19.1 Å². The van der Waals surface area contributed by atoms with Gasteiger partial charge >= 0.3 is 0 Å². The zero-order valence-corrected chi connectivity index (χ0v) is 11.7. The third-order valence-corrected chi connectivity index (χ3v) is 3.43. The van der Waals surface area contributed by atoms with Crippen LogP contribution in [0.25, 0.3) is 11.0 Å². The highest BCUT2D eigenvalue weighted by Crippen LogP contribution is 2.20. The molecule has 2 heterocycles. The third kappa shape index (κ3) is 2.34. The van der Waals surface area contributed by atoms with Gasteiger partial charge in [0.05, 0.1) is 24.0 Å². The van der Waals surface area contributed by atoms with Gasteiger partial charge in [0.25, 0.3) is 0 Å². The Hall–Kier alpha value is -2.07. The molecule has 2 aromatic heterocycles. The summed E-state index contributed by atoms with van der Waals surface area (Å²) in [6.07, 6.45) is 1.79. The van der Waals surface area contributed by atoms with Crippen molar-refractivity contribution >= 4 is 11.0 Å². The number of hydrogen-bond donors (Lipinski definition) is 1. The first-order valence-electron chi connectivity index (χ1n) is 7.03. The number of nitrogens with two attached hydrogens (primary N) is 1. The second kappa shape index (κ2) is 5.51. The average Bonchev–Trinajstić information content (AvgIpc) is 3.05. The van der Waals surface area contributed by atoms with E-state index in [1.165, 1.54) is 5.52 Å². The van der Waals surface area contributed by atoms with E-state index in [9.17, 15) is 0 Å². The second-order valence-corrected chi connectivity index (χ2v) is 4.92. The molecule has 4 heteroatoms. The van der Waals surface area contributed by atoms with E-state index in [4.69, 9.17) is 15.1 Å². The van der Waals surface area contributed by atoms with Gasteiger partial charge in [0.1, 0.15) is 17.3 Å². The van der Waals surface area contributed by atoms with Crippen LogP contribution in [0, 0.1) is 0 Å². The molecule has 2 N–H and O–H groups in total. The van der Waals surface area contributed by atoms with Crippen LogP contribution in [-0.2, 0) is 19.5 Å². The van der Waals surface area contributed by atoms with E-state index in [0.29, 0.717) is 13.0 Å². The number of para-hydroxylation sites is 2. The van der Waals surface area contributed by atoms with E-state index in [1.807, 2.05) is 18.2 Å². The molecule has 0 spiro atoms. The summed E-state index contributed by atoms with van der Waals surface area (Å²) in [4.78, 5) is 4.73. The molecule has 20 heavy (non-hydrogen) atoms. The van der Waals surface area contributed by atoms with Crippen LogP contribution in [0.15, 0.2) is 40.8 Å². The molecule has 0 radical (unpaired) electrons. The van der Waals surface area contributed by atoms with Crippen LogP contribution in [0.2, 0.25) is 0 Å². The summed E-state index contributed by atoms with van der Waals surface area (Å²) in [6, 6.07) is 12.2. The molecule has 0 unspecified atom stereocenters. The van der Waals surface area contributed by atoms with Crippen LogP contribution in [0.5, 0.6) is 0 Å². The molecule has 0 aliphatic heterocycles. The Labute approximate surface area is 118 Å². The van der Waals surface area contributed by atoms with Crippen LogP contribution in [0.1, 0.15) is 30.7 Å². The molecule has 0 aliphatic carbocycles. The molecule has 3 aromatic rings. The number of aromatic nitrogens is 2. The summed E-state index contributed by atoms with van der Waals surface area (Å²) in [7, 11) is 0. The zero-order valence-electron chi connectivity index (χ0n) is 11.7. The number of fused-ring (bicyclic) bond motifs is 1. The average molecular weight is 269 g/mol. The molecule has 0 saturated heterocycles. The Kier molecular flexibility index (Phi) is 3.56. The van der Waals surface area contributed by atoms with E-state index >= 15 is 0 Å². The highest BCUT2D eigenvalue weighted by atomic mass is 16.3. The fraction of sp³-hybridized carbons (Fsp3) is 0.312. The van der Waals surface area contributed by atoms with Gasteiger partial charge in [0.15, 0.2) is 0 Å². The van der Waals surface area contributed by atoms with Gasteiger partial charge in [0, 0.05) is 6.54 Å². The number of hydrogen-bond acceptors (Lipinski definition) is 3. The summed E-state index contributed by atoms with van der Waals surface area (Å²) >= 11 is 0. The maximum absolute atomic E-state index is 5.69. The first kappa shape index (κ1) is 12.9. The van der Waals surface area contributed by atoms with E-state index in [2.05, 4.69) is 29.7 Å². The second-order valence-electron chi connectivity index (χ2n) is 4.92. The molecule has 0 fully saturated rings. The molecule has 0 bridgehead atoms. The molecular weight excluding hydrogens is 250 g/mol. The Bertz CT molecular complexity index is 711.